The van der Waals surface area contributed by atoms with Crippen molar-refractivity contribution >= 4 is 17.7 Å². The fraction of sp³-hybridized carbons (Fsp3) is 0.923. The maximum absolute atomic E-state index is 11.9. The summed E-state index contributed by atoms with van der Waals surface area (Å²) in [4.78, 5) is 11.9. The first-order valence-corrected chi connectivity index (χ1v) is 8.06. The number of nitrogens with one attached hydrogen (secondary N) is 2. The molecule has 2 N–H and O–H groups in total. The summed E-state index contributed by atoms with van der Waals surface area (Å²) in [6.45, 7) is 2.26. The number of hydrogen-bond acceptors (Lipinski definition) is 3. The van der Waals surface area contributed by atoms with Gasteiger partial charge in [0.05, 0.1) is 6.04 Å². The zero-order valence-corrected chi connectivity index (χ0v) is 11.5. The largest absolute Gasteiger partial charge is 0.352 e. The average molecular weight is 256 g/mol. The molecular formula is C13H24N2OS. The van der Waals surface area contributed by atoms with E-state index >= 15 is 0 Å². The lowest BCUT2D eigenvalue weighted by molar-refractivity contribution is -0.123. The van der Waals surface area contributed by atoms with Gasteiger partial charge in [-0.25, -0.2) is 0 Å². The van der Waals surface area contributed by atoms with Gasteiger partial charge in [0.25, 0.3) is 0 Å². The molecule has 2 aliphatic rings. The summed E-state index contributed by atoms with van der Waals surface area (Å²) < 4.78 is 0. The molecule has 0 aromatic rings. The molecular weight excluding hydrogens is 232 g/mol. The van der Waals surface area contributed by atoms with Crippen LogP contribution in [-0.4, -0.2) is 29.6 Å². The molecule has 0 spiro atoms. The smallest absolute Gasteiger partial charge is 0.238 e. The minimum Gasteiger partial charge on any atom is -0.352 e. The van der Waals surface area contributed by atoms with Crippen LogP contribution >= 0.6 is 11.8 Å². The fourth-order valence-electron chi connectivity index (χ4n) is 2.87. The summed E-state index contributed by atoms with van der Waals surface area (Å²) >= 11 is 1.81. The Bertz CT molecular complexity index is 246. The van der Waals surface area contributed by atoms with Crippen LogP contribution in [-0.2, 0) is 4.79 Å². The van der Waals surface area contributed by atoms with Crippen molar-refractivity contribution in [2.75, 3.05) is 11.6 Å². The minimum absolute atomic E-state index is 0.0494. The molecule has 1 aliphatic carbocycles. The molecule has 4 heteroatoms. The molecule has 0 radical (unpaired) electrons. The highest BCUT2D eigenvalue weighted by Gasteiger charge is 2.26. The quantitative estimate of drug-likeness (QED) is 0.809. The van der Waals surface area contributed by atoms with Gasteiger partial charge in [0.15, 0.2) is 0 Å². The molecule has 1 heterocycles. The highest BCUT2D eigenvalue weighted by atomic mass is 32.2. The lowest BCUT2D eigenvalue weighted by atomic mass is 9.83. The maximum atomic E-state index is 11.9. The highest BCUT2D eigenvalue weighted by Crippen LogP contribution is 2.27. The van der Waals surface area contributed by atoms with Gasteiger partial charge in [-0.2, -0.15) is 0 Å². The zero-order chi connectivity index (χ0) is 12.1. The molecule has 3 nitrogen and oxygen atoms in total. The Kier molecular flexibility index (Phi) is 5.16. The molecule has 1 unspecified atom stereocenters. The molecule has 1 amide bonds. The van der Waals surface area contributed by atoms with Gasteiger partial charge in [0.2, 0.25) is 5.91 Å². The van der Waals surface area contributed by atoms with E-state index in [0.717, 1.165) is 17.5 Å². The van der Waals surface area contributed by atoms with Crippen molar-refractivity contribution < 1.29 is 4.79 Å². The molecule has 0 aromatic heterocycles. The number of hydrogen-bond donors (Lipinski definition) is 2. The molecule has 98 valence electrons. The molecule has 1 saturated carbocycles. The Labute approximate surface area is 108 Å². The highest BCUT2D eigenvalue weighted by molar-refractivity contribution is 7.99. The SMILES string of the molecule is CCCC1CCC(NC(=O)C2CSCN2)CC1. The van der Waals surface area contributed by atoms with Crippen LogP contribution in [0.5, 0.6) is 0 Å². The van der Waals surface area contributed by atoms with Crippen molar-refractivity contribution in [1.29, 1.82) is 0 Å². The molecule has 2 fully saturated rings. The van der Waals surface area contributed by atoms with E-state index in [9.17, 15) is 4.79 Å². The Balaban J connectivity index is 1.68. The van der Waals surface area contributed by atoms with Crippen LogP contribution in [0.1, 0.15) is 45.4 Å². The van der Waals surface area contributed by atoms with E-state index in [4.69, 9.17) is 0 Å². The first kappa shape index (κ1) is 13.2. The van der Waals surface area contributed by atoms with Gasteiger partial charge >= 0.3 is 0 Å². The van der Waals surface area contributed by atoms with Crippen LogP contribution in [0.4, 0.5) is 0 Å². The van der Waals surface area contributed by atoms with Gasteiger partial charge in [-0.15, -0.1) is 11.8 Å². The summed E-state index contributed by atoms with van der Waals surface area (Å²) in [6.07, 6.45) is 7.61. The summed E-state index contributed by atoms with van der Waals surface area (Å²) in [7, 11) is 0. The summed E-state index contributed by atoms with van der Waals surface area (Å²) in [5.74, 6) is 2.97. The first-order chi connectivity index (χ1) is 8.29. The Hall–Kier alpha value is -0.220. The minimum atomic E-state index is 0.0494. The molecule has 0 aromatic carbocycles. The topological polar surface area (TPSA) is 41.1 Å². The van der Waals surface area contributed by atoms with Crippen molar-refractivity contribution in [2.45, 2.75) is 57.5 Å². The molecule has 1 aliphatic heterocycles. The molecule has 17 heavy (non-hydrogen) atoms. The molecule has 1 saturated heterocycles. The summed E-state index contributed by atoms with van der Waals surface area (Å²) in [5.41, 5.74) is 0. The van der Waals surface area contributed by atoms with Crippen LogP contribution in [0.2, 0.25) is 0 Å². The molecule has 1 atom stereocenters. The van der Waals surface area contributed by atoms with Crippen molar-refractivity contribution in [3.8, 4) is 0 Å². The predicted molar refractivity (Wildman–Crippen MR) is 73.0 cm³/mol. The van der Waals surface area contributed by atoms with Gasteiger partial charge in [0.1, 0.15) is 0 Å². The van der Waals surface area contributed by atoms with Crippen molar-refractivity contribution in [2.24, 2.45) is 5.92 Å². The maximum Gasteiger partial charge on any atom is 0.238 e. The second-order valence-electron chi connectivity index (χ2n) is 5.29. The van der Waals surface area contributed by atoms with Gasteiger partial charge < -0.3 is 5.32 Å². The van der Waals surface area contributed by atoms with E-state index in [1.165, 1.54) is 38.5 Å². The monoisotopic (exact) mass is 256 g/mol. The van der Waals surface area contributed by atoms with Gasteiger partial charge in [-0.3, -0.25) is 10.1 Å². The van der Waals surface area contributed by atoms with Gasteiger partial charge in [-0.05, 0) is 31.6 Å². The average Bonchev–Trinajstić information content (AvgIpc) is 2.86. The number of rotatable bonds is 4. The Morgan fingerprint density at radius 2 is 2.12 bits per heavy atom. The van der Waals surface area contributed by atoms with Crippen molar-refractivity contribution in [1.82, 2.24) is 10.6 Å². The summed E-state index contributed by atoms with van der Waals surface area (Å²) in [5, 5.41) is 6.43. The second kappa shape index (κ2) is 6.64. The fourth-order valence-corrected chi connectivity index (χ4v) is 3.81. The van der Waals surface area contributed by atoms with E-state index in [-0.39, 0.29) is 11.9 Å². The van der Waals surface area contributed by atoms with Crippen LogP contribution in [0.3, 0.4) is 0 Å². The van der Waals surface area contributed by atoms with E-state index < -0.39 is 0 Å². The van der Waals surface area contributed by atoms with Gasteiger partial charge in [0, 0.05) is 17.7 Å². The third-order valence-corrected chi connectivity index (χ3v) is 4.86. The van der Waals surface area contributed by atoms with Crippen molar-refractivity contribution in [3.05, 3.63) is 0 Å². The lowest BCUT2D eigenvalue weighted by Crippen LogP contribution is -2.47. The molecule has 2 rings (SSSR count). The number of thioether (sulfide) groups is 1. The van der Waals surface area contributed by atoms with E-state index in [1.54, 1.807) is 0 Å². The lowest BCUT2D eigenvalue weighted by Gasteiger charge is -2.29. The second-order valence-corrected chi connectivity index (χ2v) is 6.32. The molecule has 0 bridgehead atoms. The third kappa shape index (κ3) is 3.88. The summed E-state index contributed by atoms with van der Waals surface area (Å²) in [6, 6.07) is 0.483. The van der Waals surface area contributed by atoms with E-state index in [2.05, 4.69) is 17.6 Å². The Morgan fingerprint density at radius 3 is 2.71 bits per heavy atom. The van der Waals surface area contributed by atoms with Crippen LogP contribution in [0, 0.1) is 5.92 Å². The predicted octanol–water partition coefficient (Wildman–Crippen LogP) is 2.12. The zero-order valence-electron chi connectivity index (χ0n) is 10.7. The van der Waals surface area contributed by atoms with Crippen LogP contribution in [0.25, 0.3) is 0 Å². The third-order valence-electron chi connectivity index (χ3n) is 3.92. The van der Waals surface area contributed by atoms with Crippen molar-refractivity contribution in [3.63, 3.8) is 0 Å². The number of amides is 1. The van der Waals surface area contributed by atoms with Gasteiger partial charge in [-0.1, -0.05) is 19.8 Å². The Morgan fingerprint density at radius 1 is 1.35 bits per heavy atom. The number of carbonyl (C=O) groups excluding carboxylic acids is 1. The number of carbonyl (C=O) groups is 1. The van der Waals surface area contributed by atoms with E-state index in [0.29, 0.717) is 6.04 Å². The standard InChI is InChI=1S/C13H24N2OS/c1-2-3-10-4-6-11(7-5-10)15-13(16)12-8-17-9-14-12/h10-12,14H,2-9H2,1H3,(H,15,16). The van der Waals surface area contributed by atoms with E-state index in [1.807, 2.05) is 11.8 Å². The first-order valence-electron chi connectivity index (χ1n) is 6.91. The van der Waals surface area contributed by atoms with Crippen LogP contribution < -0.4 is 10.6 Å². The normalized spacial score (nSPS) is 33.6. The van der Waals surface area contributed by atoms with Crippen LogP contribution in [0.15, 0.2) is 0 Å².